The van der Waals surface area contributed by atoms with Gasteiger partial charge >= 0.3 is 64.2 Å². The molecule has 1 aliphatic heterocycles. The first kappa shape index (κ1) is 20.5. The molecule has 1 heterocycles. The van der Waals surface area contributed by atoms with Crippen molar-refractivity contribution in [3.05, 3.63) is 35.8 Å². The Hall–Kier alpha value is 0.155. The summed E-state index contributed by atoms with van der Waals surface area (Å²) in [5, 5.41) is 0. The van der Waals surface area contributed by atoms with Crippen LogP contribution in [-0.4, -0.2) is 18.2 Å². The van der Waals surface area contributed by atoms with Crippen molar-refractivity contribution in [1.29, 1.82) is 0 Å². The largest absolute Gasteiger partial charge is 1.00 e. The molecular formula is C18H21F2O3Rb. The molecule has 1 fully saturated rings. The Morgan fingerprint density at radius 1 is 1.25 bits per heavy atom. The summed E-state index contributed by atoms with van der Waals surface area (Å²) in [5.41, 5.74) is 0.682. The normalized spacial score (nSPS) is 20.5. The van der Waals surface area contributed by atoms with E-state index in [0.29, 0.717) is 24.8 Å². The summed E-state index contributed by atoms with van der Waals surface area (Å²) < 4.78 is 38.0. The van der Waals surface area contributed by atoms with E-state index in [0.717, 1.165) is 31.7 Å². The van der Waals surface area contributed by atoms with Gasteiger partial charge in [0.2, 0.25) is 5.82 Å². The molecule has 0 amide bonds. The maximum absolute atomic E-state index is 13.8. The van der Waals surface area contributed by atoms with Crippen LogP contribution >= 0.6 is 0 Å². The van der Waals surface area contributed by atoms with Gasteiger partial charge in [-0.15, -0.1) is 0 Å². The number of aryl methyl sites for hydroxylation is 1. The number of fused-ring (bicyclic) bond motifs is 1. The van der Waals surface area contributed by atoms with Gasteiger partial charge in [-0.2, -0.15) is 17.2 Å². The fourth-order valence-corrected chi connectivity index (χ4v) is 3.18. The summed E-state index contributed by atoms with van der Waals surface area (Å²) >= 11 is 0. The van der Waals surface area contributed by atoms with Crippen LogP contribution in [-0.2, 0) is 16.0 Å². The van der Waals surface area contributed by atoms with Crippen molar-refractivity contribution in [3.8, 4) is 5.75 Å². The van der Waals surface area contributed by atoms with Gasteiger partial charge in [-0.25, -0.2) is 4.39 Å². The first-order valence-electron chi connectivity index (χ1n) is 8.28. The Balaban J connectivity index is 0.00000208. The first-order valence-corrected chi connectivity index (χ1v) is 8.28. The molecule has 0 aromatic heterocycles. The number of carbonyl (C=O) groups excluding carboxylic acids is 1. The van der Waals surface area contributed by atoms with Crippen molar-refractivity contribution in [3.63, 3.8) is 0 Å². The fraction of sp³-hybridized carbons (Fsp3) is 0.556. The number of halogens is 2. The standard InChI is InChI=1S/C18H21F2O3.Rb/c19-15-10-7-12-6-8-14(23-18(12)17(15)20)9-11-16(21)22-13-4-2-1-3-5-13;/h1,7,10,13-14H,2-6,8-9,11H2;/q-1;+1. The molecule has 126 valence electrons. The van der Waals surface area contributed by atoms with Gasteiger partial charge in [-0.05, 0) is 43.7 Å². The zero-order valence-corrected chi connectivity index (χ0v) is 18.9. The molecule has 0 N–H and O–H groups in total. The molecule has 2 aliphatic rings. The number of esters is 1. The van der Waals surface area contributed by atoms with Gasteiger partial charge in [-0.1, -0.05) is 6.07 Å². The van der Waals surface area contributed by atoms with Crippen molar-refractivity contribution in [2.45, 2.75) is 63.6 Å². The summed E-state index contributed by atoms with van der Waals surface area (Å²) in [6, 6.07) is 2.68. The molecular weight excluding hydrogens is 388 g/mol. The topological polar surface area (TPSA) is 35.5 Å². The Bertz CT molecular complexity index is 574. The van der Waals surface area contributed by atoms with Crippen molar-refractivity contribution in [1.82, 2.24) is 0 Å². The third-order valence-electron chi connectivity index (χ3n) is 4.51. The maximum atomic E-state index is 13.8. The van der Waals surface area contributed by atoms with Crippen LogP contribution in [0, 0.1) is 18.1 Å². The van der Waals surface area contributed by atoms with Crippen LogP contribution in [0.25, 0.3) is 0 Å². The molecule has 1 aromatic carbocycles. The second kappa shape index (κ2) is 9.74. The number of hydrogen-bond donors (Lipinski definition) is 0. The van der Waals surface area contributed by atoms with E-state index in [-0.39, 0.29) is 88.5 Å². The molecule has 24 heavy (non-hydrogen) atoms. The van der Waals surface area contributed by atoms with Crippen LogP contribution in [0.15, 0.2) is 12.1 Å². The van der Waals surface area contributed by atoms with Gasteiger partial charge in [0.25, 0.3) is 0 Å². The molecule has 0 bridgehead atoms. The summed E-state index contributed by atoms with van der Waals surface area (Å²) in [5.74, 6) is -2.07. The molecule has 3 nitrogen and oxygen atoms in total. The molecule has 3 rings (SSSR count). The molecule has 6 heteroatoms. The monoisotopic (exact) mass is 408 g/mol. The van der Waals surface area contributed by atoms with Crippen LogP contribution in [0.1, 0.15) is 50.5 Å². The number of rotatable bonds is 4. The third-order valence-corrected chi connectivity index (χ3v) is 4.51. The second-order valence-electron chi connectivity index (χ2n) is 6.22. The van der Waals surface area contributed by atoms with E-state index >= 15 is 0 Å². The van der Waals surface area contributed by atoms with E-state index in [1.54, 1.807) is 6.07 Å². The number of hydrogen-bond acceptors (Lipinski definition) is 3. The molecule has 1 aromatic rings. The van der Waals surface area contributed by atoms with E-state index in [9.17, 15) is 13.6 Å². The van der Waals surface area contributed by atoms with Crippen LogP contribution < -0.4 is 62.9 Å². The molecule has 0 radical (unpaired) electrons. The first-order chi connectivity index (χ1) is 11.1. The van der Waals surface area contributed by atoms with Gasteiger partial charge in [0.05, 0.1) is 12.2 Å². The van der Waals surface area contributed by atoms with Crippen molar-refractivity contribution in [2.75, 3.05) is 0 Å². The summed E-state index contributed by atoms with van der Waals surface area (Å²) in [6.45, 7) is 0. The van der Waals surface area contributed by atoms with Gasteiger partial charge in [-0.3, -0.25) is 4.79 Å². The minimum Gasteiger partial charge on any atom is -0.487 e. The van der Waals surface area contributed by atoms with E-state index < -0.39 is 11.6 Å². The van der Waals surface area contributed by atoms with E-state index in [1.165, 1.54) is 0 Å². The summed E-state index contributed by atoms with van der Waals surface area (Å²) in [4.78, 5) is 11.9. The maximum Gasteiger partial charge on any atom is 1.00 e. The van der Waals surface area contributed by atoms with Crippen LogP contribution in [0.5, 0.6) is 5.75 Å². The van der Waals surface area contributed by atoms with Gasteiger partial charge in [0.15, 0.2) is 11.6 Å². The third kappa shape index (κ3) is 5.32. The second-order valence-corrected chi connectivity index (χ2v) is 6.22. The Labute approximate surface area is 190 Å². The number of carbonyl (C=O) groups is 1. The van der Waals surface area contributed by atoms with E-state index in [1.807, 2.05) is 0 Å². The van der Waals surface area contributed by atoms with Crippen LogP contribution in [0.3, 0.4) is 0 Å². The SMILES string of the molecule is O=C(CCC1CCc2ccc(F)c(F)c2O1)OC1CC[CH-]CC1.[Rb+]. The minimum absolute atomic E-state index is 0. The number of ether oxygens (including phenoxy) is 2. The molecule has 0 spiro atoms. The molecule has 1 unspecified atom stereocenters. The molecule has 0 saturated heterocycles. The smallest absolute Gasteiger partial charge is 0.487 e. The average molecular weight is 409 g/mol. The molecule has 1 aliphatic carbocycles. The summed E-state index contributed by atoms with van der Waals surface area (Å²) in [6.07, 6.45) is 7.77. The molecule has 1 saturated carbocycles. The van der Waals surface area contributed by atoms with Gasteiger partial charge in [0, 0.05) is 6.42 Å². The molecule has 1 atom stereocenters. The van der Waals surface area contributed by atoms with Gasteiger partial charge in [0.1, 0.15) is 0 Å². The predicted octanol–water partition coefficient (Wildman–Crippen LogP) is 1.13. The Morgan fingerprint density at radius 2 is 2.00 bits per heavy atom. The zero-order chi connectivity index (χ0) is 16.2. The Morgan fingerprint density at radius 3 is 2.75 bits per heavy atom. The van der Waals surface area contributed by atoms with Crippen LogP contribution in [0.2, 0.25) is 0 Å². The quantitative estimate of drug-likeness (QED) is 0.553. The van der Waals surface area contributed by atoms with Gasteiger partial charge < -0.3 is 15.9 Å². The van der Waals surface area contributed by atoms with Crippen molar-refractivity contribution in [2.24, 2.45) is 0 Å². The number of benzene rings is 1. The zero-order valence-electron chi connectivity index (χ0n) is 14.0. The Kier molecular flexibility index (Phi) is 8.31. The van der Waals surface area contributed by atoms with Crippen molar-refractivity contribution < 1.29 is 81.2 Å². The fourth-order valence-electron chi connectivity index (χ4n) is 3.18. The summed E-state index contributed by atoms with van der Waals surface area (Å²) in [7, 11) is 0. The van der Waals surface area contributed by atoms with Crippen LogP contribution in [0.4, 0.5) is 8.78 Å². The van der Waals surface area contributed by atoms with E-state index in [2.05, 4.69) is 6.42 Å². The average Bonchev–Trinajstić information content (AvgIpc) is 2.57. The predicted molar refractivity (Wildman–Crippen MR) is 81.0 cm³/mol. The minimum atomic E-state index is -0.937. The van der Waals surface area contributed by atoms with Crippen molar-refractivity contribution >= 4 is 5.97 Å². The van der Waals surface area contributed by atoms with E-state index in [4.69, 9.17) is 9.47 Å².